The van der Waals surface area contributed by atoms with Crippen molar-refractivity contribution in [3.8, 4) is 0 Å². The summed E-state index contributed by atoms with van der Waals surface area (Å²) in [5.41, 5.74) is 3.59. The lowest BCUT2D eigenvalue weighted by atomic mass is 10.0. The zero-order chi connectivity index (χ0) is 16.4. The molecule has 0 N–H and O–H groups in total. The van der Waals surface area contributed by atoms with Crippen LogP contribution in [0.15, 0.2) is 36.4 Å². The second-order valence-corrected chi connectivity index (χ2v) is 5.80. The van der Waals surface area contributed by atoms with Gasteiger partial charge in [0.05, 0.1) is 5.56 Å². The lowest BCUT2D eigenvalue weighted by Gasteiger charge is -2.07. The van der Waals surface area contributed by atoms with Crippen LogP contribution < -0.4 is 0 Å². The van der Waals surface area contributed by atoms with Crippen molar-refractivity contribution in [2.75, 3.05) is 6.61 Å². The number of esters is 1. The number of aryl methyl sites for hydroxylation is 3. The Labute approximate surface area is 134 Å². The second kappa shape index (κ2) is 6.32. The fourth-order valence-corrected chi connectivity index (χ4v) is 2.76. The Kier molecular flexibility index (Phi) is 4.24. The smallest absolute Gasteiger partial charge is 0.338 e. The zero-order valence-electron chi connectivity index (χ0n) is 12.9. The van der Waals surface area contributed by atoms with Gasteiger partial charge < -0.3 is 4.74 Å². The minimum atomic E-state index is -0.696. The minimum Gasteiger partial charge on any atom is -0.454 e. The molecule has 3 rings (SSSR count). The highest BCUT2D eigenvalue weighted by Crippen LogP contribution is 2.23. The summed E-state index contributed by atoms with van der Waals surface area (Å²) in [6, 6.07) is 9.73. The number of hydrogen-bond acceptors (Lipinski definition) is 3. The lowest BCUT2D eigenvalue weighted by molar-refractivity contribution is 0.0474. The maximum atomic E-state index is 13.5. The Hall–Kier alpha value is -2.49. The maximum Gasteiger partial charge on any atom is 0.338 e. The summed E-state index contributed by atoms with van der Waals surface area (Å²) < 4.78 is 18.5. The molecule has 23 heavy (non-hydrogen) atoms. The number of hydrogen-bond donors (Lipinski definition) is 0. The Morgan fingerprint density at radius 1 is 1.04 bits per heavy atom. The molecule has 0 amide bonds. The van der Waals surface area contributed by atoms with Crippen LogP contribution in [-0.2, 0) is 17.6 Å². The molecule has 1 aliphatic carbocycles. The van der Waals surface area contributed by atoms with Gasteiger partial charge in [0.15, 0.2) is 12.4 Å². The van der Waals surface area contributed by atoms with Crippen LogP contribution in [0, 0.1) is 12.7 Å². The Balaban J connectivity index is 1.64. The van der Waals surface area contributed by atoms with Crippen LogP contribution in [0.5, 0.6) is 0 Å². The highest BCUT2D eigenvalue weighted by atomic mass is 19.1. The van der Waals surface area contributed by atoms with Gasteiger partial charge in [-0.2, -0.15) is 0 Å². The van der Waals surface area contributed by atoms with E-state index in [4.69, 9.17) is 4.74 Å². The lowest BCUT2D eigenvalue weighted by Crippen LogP contribution is -2.14. The van der Waals surface area contributed by atoms with E-state index < -0.39 is 11.8 Å². The Morgan fingerprint density at radius 2 is 1.78 bits per heavy atom. The third-order valence-corrected chi connectivity index (χ3v) is 4.16. The Morgan fingerprint density at radius 3 is 2.57 bits per heavy atom. The van der Waals surface area contributed by atoms with E-state index in [0.717, 1.165) is 25.3 Å². The van der Waals surface area contributed by atoms with Crippen molar-refractivity contribution in [3.05, 3.63) is 70.0 Å². The standard InChI is InChI=1S/C19H17FO3/c1-12-5-6-16(10-17(12)20)19(22)23-11-18(21)15-8-7-13-3-2-4-14(13)9-15/h5-10H,2-4,11H2,1H3. The van der Waals surface area contributed by atoms with E-state index in [0.29, 0.717) is 11.1 Å². The third-order valence-electron chi connectivity index (χ3n) is 4.16. The molecule has 118 valence electrons. The van der Waals surface area contributed by atoms with Crippen molar-refractivity contribution < 1.29 is 18.7 Å². The fourth-order valence-electron chi connectivity index (χ4n) is 2.76. The predicted octanol–water partition coefficient (Wildman–Crippen LogP) is 3.66. The summed E-state index contributed by atoms with van der Waals surface area (Å²) in [7, 11) is 0. The van der Waals surface area contributed by atoms with E-state index in [-0.39, 0.29) is 18.0 Å². The summed E-state index contributed by atoms with van der Waals surface area (Å²) >= 11 is 0. The average Bonchev–Trinajstić information content (AvgIpc) is 3.02. The summed E-state index contributed by atoms with van der Waals surface area (Å²) in [6.07, 6.45) is 3.15. The van der Waals surface area contributed by atoms with Crippen molar-refractivity contribution >= 4 is 11.8 Å². The molecule has 0 aromatic heterocycles. The number of halogens is 1. The zero-order valence-corrected chi connectivity index (χ0v) is 12.9. The number of ether oxygens (including phenoxy) is 1. The van der Waals surface area contributed by atoms with Crippen molar-refractivity contribution in [1.29, 1.82) is 0 Å². The van der Waals surface area contributed by atoms with Crippen LogP contribution in [0.25, 0.3) is 0 Å². The van der Waals surface area contributed by atoms with E-state index >= 15 is 0 Å². The molecule has 2 aromatic carbocycles. The molecule has 2 aromatic rings. The predicted molar refractivity (Wildman–Crippen MR) is 84.2 cm³/mol. The SMILES string of the molecule is Cc1ccc(C(=O)OCC(=O)c2ccc3c(c2)CCC3)cc1F. The van der Waals surface area contributed by atoms with E-state index in [1.165, 1.54) is 23.3 Å². The summed E-state index contributed by atoms with van der Waals surface area (Å²) in [6.45, 7) is 1.27. The molecule has 0 unspecified atom stereocenters. The van der Waals surface area contributed by atoms with E-state index in [2.05, 4.69) is 0 Å². The summed E-state index contributed by atoms with van der Waals surface area (Å²) in [5, 5.41) is 0. The van der Waals surface area contributed by atoms with Crippen LogP contribution >= 0.6 is 0 Å². The van der Waals surface area contributed by atoms with Crippen LogP contribution in [-0.4, -0.2) is 18.4 Å². The molecule has 0 radical (unpaired) electrons. The van der Waals surface area contributed by atoms with Crippen molar-refractivity contribution in [2.24, 2.45) is 0 Å². The molecule has 3 nitrogen and oxygen atoms in total. The van der Waals surface area contributed by atoms with Crippen LogP contribution in [0.4, 0.5) is 4.39 Å². The van der Waals surface area contributed by atoms with Gasteiger partial charge >= 0.3 is 5.97 Å². The van der Waals surface area contributed by atoms with Crippen LogP contribution in [0.1, 0.15) is 43.8 Å². The minimum absolute atomic E-state index is 0.106. The quantitative estimate of drug-likeness (QED) is 0.639. The Bertz CT molecular complexity index is 780. The monoisotopic (exact) mass is 312 g/mol. The van der Waals surface area contributed by atoms with Gasteiger partial charge in [-0.05, 0) is 61.1 Å². The molecule has 0 heterocycles. The van der Waals surface area contributed by atoms with E-state index in [1.807, 2.05) is 12.1 Å². The molecule has 0 saturated heterocycles. The van der Waals surface area contributed by atoms with Gasteiger partial charge in [0, 0.05) is 5.56 Å². The molecule has 0 aliphatic heterocycles. The fraction of sp³-hybridized carbons (Fsp3) is 0.263. The van der Waals surface area contributed by atoms with Gasteiger partial charge in [-0.15, -0.1) is 0 Å². The van der Waals surface area contributed by atoms with Gasteiger partial charge in [-0.1, -0.05) is 18.2 Å². The molecule has 0 fully saturated rings. The van der Waals surface area contributed by atoms with Gasteiger partial charge in [-0.25, -0.2) is 9.18 Å². The maximum absolute atomic E-state index is 13.5. The first-order valence-corrected chi connectivity index (χ1v) is 7.63. The largest absolute Gasteiger partial charge is 0.454 e. The van der Waals surface area contributed by atoms with Crippen LogP contribution in [0.3, 0.4) is 0 Å². The number of ketones is 1. The number of benzene rings is 2. The molecule has 4 heteroatoms. The van der Waals surface area contributed by atoms with Gasteiger partial charge in [-0.3, -0.25) is 4.79 Å². The first-order valence-electron chi connectivity index (χ1n) is 7.63. The van der Waals surface area contributed by atoms with Crippen molar-refractivity contribution in [3.63, 3.8) is 0 Å². The van der Waals surface area contributed by atoms with Crippen LogP contribution in [0.2, 0.25) is 0 Å². The number of carbonyl (C=O) groups is 2. The highest BCUT2D eigenvalue weighted by molar-refractivity contribution is 5.99. The van der Waals surface area contributed by atoms with Gasteiger partial charge in [0.2, 0.25) is 0 Å². The van der Waals surface area contributed by atoms with Gasteiger partial charge in [0.1, 0.15) is 5.82 Å². The van der Waals surface area contributed by atoms with Gasteiger partial charge in [0.25, 0.3) is 0 Å². The molecule has 0 bridgehead atoms. The van der Waals surface area contributed by atoms with Crippen molar-refractivity contribution in [2.45, 2.75) is 26.2 Å². The number of rotatable bonds is 4. The third kappa shape index (κ3) is 3.31. The first kappa shape index (κ1) is 15.4. The number of fused-ring (bicyclic) bond motifs is 1. The topological polar surface area (TPSA) is 43.4 Å². The molecular formula is C19H17FO3. The molecule has 0 spiro atoms. The van der Waals surface area contributed by atoms with Crippen molar-refractivity contribution in [1.82, 2.24) is 0 Å². The van der Waals surface area contributed by atoms with E-state index in [9.17, 15) is 14.0 Å². The second-order valence-electron chi connectivity index (χ2n) is 5.80. The summed E-state index contributed by atoms with van der Waals surface area (Å²) in [4.78, 5) is 24.0. The average molecular weight is 312 g/mol. The number of carbonyl (C=O) groups excluding carboxylic acids is 2. The molecule has 1 aliphatic rings. The molecular weight excluding hydrogens is 295 g/mol. The molecule has 0 atom stereocenters. The molecule has 0 saturated carbocycles. The first-order chi connectivity index (χ1) is 11.0. The normalized spacial score (nSPS) is 12.8. The summed E-state index contributed by atoms with van der Waals surface area (Å²) in [5.74, 6) is -1.41. The number of Topliss-reactive ketones (excluding diaryl/α,β-unsaturated/α-hetero) is 1. The highest BCUT2D eigenvalue weighted by Gasteiger charge is 2.16. The van der Waals surface area contributed by atoms with E-state index in [1.54, 1.807) is 13.0 Å².